The van der Waals surface area contributed by atoms with Crippen LogP contribution in [0.1, 0.15) is 16.7 Å². The van der Waals surface area contributed by atoms with E-state index in [2.05, 4.69) is 20.5 Å². The summed E-state index contributed by atoms with van der Waals surface area (Å²) in [5.74, 6) is 0.825. The van der Waals surface area contributed by atoms with Crippen LogP contribution in [0.4, 0.5) is 11.5 Å². The first-order chi connectivity index (χ1) is 14.5. The van der Waals surface area contributed by atoms with E-state index in [-0.39, 0.29) is 5.91 Å². The number of nitrogens with one attached hydrogen (secondary N) is 2. The lowest BCUT2D eigenvalue weighted by molar-refractivity contribution is -0.110. The lowest BCUT2D eigenvalue weighted by atomic mass is 10.0. The van der Waals surface area contributed by atoms with Gasteiger partial charge < -0.3 is 10.2 Å². The van der Waals surface area contributed by atoms with E-state index < -0.39 is 0 Å². The van der Waals surface area contributed by atoms with Crippen molar-refractivity contribution in [3.63, 3.8) is 0 Å². The van der Waals surface area contributed by atoms with Crippen molar-refractivity contribution < 1.29 is 4.79 Å². The first-order valence-corrected chi connectivity index (χ1v) is 9.75. The molecule has 1 aliphatic heterocycles. The predicted molar refractivity (Wildman–Crippen MR) is 121 cm³/mol. The highest BCUT2D eigenvalue weighted by atomic mass is 16.2. The number of pyridine rings is 1. The number of hydrogen-bond acceptors (Lipinski definition) is 4. The molecule has 148 valence electrons. The van der Waals surface area contributed by atoms with Crippen LogP contribution in [0, 0.1) is 6.92 Å². The molecule has 0 spiro atoms. The van der Waals surface area contributed by atoms with Crippen LogP contribution in [0.5, 0.6) is 0 Å². The molecule has 0 aliphatic carbocycles. The average molecular weight is 395 g/mol. The molecule has 0 bridgehead atoms. The smallest absolute Gasteiger partial charge is 0.256 e. The standard InChI is InChI=1S/C24H21N5O/c1-14-4-8-20-18(10-14)19(24(30)26-20)11-15-5-7-17-21(12-15)27-28-23(17)16-6-9-22(25-13-16)29(2)3/h4-13H,1-3H3,(H,26,30)(H,27,28)/b19-11+. The molecule has 1 aliphatic rings. The Labute approximate surface area is 174 Å². The van der Waals surface area contributed by atoms with Gasteiger partial charge in [-0.05, 0) is 55.0 Å². The number of aromatic amines is 1. The van der Waals surface area contributed by atoms with Gasteiger partial charge in [-0.3, -0.25) is 9.89 Å². The number of H-pyrrole nitrogens is 1. The van der Waals surface area contributed by atoms with Gasteiger partial charge >= 0.3 is 0 Å². The fourth-order valence-electron chi connectivity index (χ4n) is 3.75. The molecule has 2 aromatic carbocycles. The first-order valence-electron chi connectivity index (χ1n) is 9.75. The van der Waals surface area contributed by atoms with Gasteiger partial charge in [0.05, 0.1) is 5.52 Å². The number of hydrogen-bond donors (Lipinski definition) is 2. The molecule has 0 saturated carbocycles. The van der Waals surface area contributed by atoms with Gasteiger partial charge in [0.2, 0.25) is 0 Å². The predicted octanol–water partition coefficient (Wildman–Crippen LogP) is 4.49. The number of benzene rings is 2. The van der Waals surface area contributed by atoms with Crippen molar-refractivity contribution in [3.05, 3.63) is 71.4 Å². The lowest BCUT2D eigenvalue weighted by Gasteiger charge is -2.10. The first kappa shape index (κ1) is 18.1. The summed E-state index contributed by atoms with van der Waals surface area (Å²) in [4.78, 5) is 18.9. The molecule has 0 fully saturated rings. The summed E-state index contributed by atoms with van der Waals surface area (Å²) in [7, 11) is 3.93. The van der Waals surface area contributed by atoms with Crippen LogP contribution in [-0.2, 0) is 4.79 Å². The number of fused-ring (bicyclic) bond motifs is 2. The maximum atomic E-state index is 12.5. The van der Waals surface area contributed by atoms with Crippen molar-refractivity contribution >= 4 is 40.0 Å². The fourth-order valence-corrected chi connectivity index (χ4v) is 3.75. The zero-order valence-electron chi connectivity index (χ0n) is 17.0. The lowest BCUT2D eigenvalue weighted by Crippen LogP contribution is -2.09. The Kier molecular flexibility index (Phi) is 4.13. The second-order valence-electron chi connectivity index (χ2n) is 7.74. The van der Waals surface area contributed by atoms with E-state index in [1.54, 1.807) is 0 Å². The summed E-state index contributed by atoms with van der Waals surface area (Å²) >= 11 is 0. The van der Waals surface area contributed by atoms with Crippen molar-refractivity contribution in [2.45, 2.75) is 6.92 Å². The minimum Gasteiger partial charge on any atom is -0.363 e. The van der Waals surface area contributed by atoms with Crippen molar-refractivity contribution in [3.8, 4) is 11.3 Å². The molecule has 0 unspecified atom stereocenters. The van der Waals surface area contributed by atoms with E-state index in [4.69, 9.17) is 0 Å². The second kappa shape index (κ2) is 6.84. The summed E-state index contributed by atoms with van der Waals surface area (Å²) in [6.07, 6.45) is 3.76. The Hall–Kier alpha value is -3.93. The summed E-state index contributed by atoms with van der Waals surface area (Å²) in [6, 6.07) is 16.0. The fraction of sp³-hybridized carbons (Fsp3) is 0.125. The number of aromatic nitrogens is 3. The topological polar surface area (TPSA) is 73.9 Å². The van der Waals surface area contributed by atoms with Gasteiger partial charge in [0.1, 0.15) is 11.5 Å². The van der Waals surface area contributed by atoms with Crippen LogP contribution in [0.15, 0.2) is 54.7 Å². The van der Waals surface area contributed by atoms with Crippen molar-refractivity contribution in [1.82, 2.24) is 15.2 Å². The summed E-state index contributed by atoms with van der Waals surface area (Å²) in [5.41, 5.74) is 7.28. The van der Waals surface area contributed by atoms with Gasteiger partial charge in [-0.2, -0.15) is 5.10 Å². The summed E-state index contributed by atoms with van der Waals surface area (Å²) < 4.78 is 0. The minimum atomic E-state index is -0.0759. The number of carbonyl (C=O) groups is 1. The molecule has 0 atom stereocenters. The number of nitrogens with zero attached hydrogens (tertiary/aromatic N) is 3. The van der Waals surface area contributed by atoms with Crippen LogP contribution in [0.3, 0.4) is 0 Å². The van der Waals surface area contributed by atoms with Gasteiger partial charge in [-0.15, -0.1) is 0 Å². The van der Waals surface area contributed by atoms with E-state index in [0.29, 0.717) is 5.57 Å². The van der Waals surface area contributed by atoms with Gasteiger partial charge in [-0.25, -0.2) is 4.98 Å². The van der Waals surface area contributed by atoms with Crippen molar-refractivity contribution in [2.75, 3.05) is 24.3 Å². The van der Waals surface area contributed by atoms with E-state index >= 15 is 0 Å². The number of anilines is 2. The van der Waals surface area contributed by atoms with Crippen molar-refractivity contribution in [2.24, 2.45) is 0 Å². The van der Waals surface area contributed by atoms with Crippen LogP contribution < -0.4 is 10.2 Å². The number of rotatable bonds is 3. The maximum Gasteiger partial charge on any atom is 0.256 e. The molecule has 4 aromatic rings. The van der Waals surface area contributed by atoms with Crippen LogP contribution >= 0.6 is 0 Å². The average Bonchev–Trinajstić information content (AvgIpc) is 3.29. The van der Waals surface area contributed by atoms with Crippen molar-refractivity contribution in [1.29, 1.82) is 0 Å². The summed E-state index contributed by atoms with van der Waals surface area (Å²) in [5, 5.41) is 11.6. The molecule has 6 heteroatoms. The van der Waals surface area contributed by atoms with Gasteiger partial charge in [0, 0.05) is 48.1 Å². The highest BCUT2D eigenvalue weighted by molar-refractivity contribution is 6.35. The minimum absolute atomic E-state index is 0.0759. The second-order valence-corrected chi connectivity index (χ2v) is 7.74. The zero-order chi connectivity index (χ0) is 20.8. The molecule has 0 saturated heterocycles. The normalized spacial score (nSPS) is 14.2. The number of aryl methyl sites for hydroxylation is 1. The Morgan fingerprint density at radius 1 is 1.03 bits per heavy atom. The highest BCUT2D eigenvalue weighted by Crippen LogP contribution is 2.34. The Bertz CT molecular complexity index is 1320. The summed E-state index contributed by atoms with van der Waals surface area (Å²) in [6.45, 7) is 2.03. The SMILES string of the molecule is Cc1ccc2c(c1)/C(=C\c1ccc3c(-c4ccc(N(C)C)nc4)n[nH]c3c1)C(=O)N2. The molecule has 0 radical (unpaired) electrons. The number of amides is 1. The van der Waals surface area contributed by atoms with Gasteiger partial charge in [-0.1, -0.05) is 17.7 Å². The van der Waals surface area contributed by atoms with E-state index in [1.165, 1.54) is 0 Å². The third kappa shape index (κ3) is 3.03. The van der Waals surface area contributed by atoms with Gasteiger partial charge in [0.15, 0.2) is 0 Å². The third-order valence-corrected chi connectivity index (χ3v) is 5.34. The molecular weight excluding hydrogens is 374 g/mol. The zero-order valence-corrected chi connectivity index (χ0v) is 17.0. The quantitative estimate of drug-likeness (QED) is 0.501. The van der Waals surface area contributed by atoms with Crippen LogP contribution in [-0.4, -0.2) is 35.2 Å². The third-order valence-electron chi connectivity index (χ3n) is 5.34. The van der Waals surface area contributed by atoms with Crippen LogP contribution in [0.2, 0.25) is 0 Å². The molecule has 5 rings (SSSR count). The molecule has 2 N–H and O–H groups in total. The number of carbonyl (C=O) groups excluding carboxylic acids is 1. The monoisotopic (exact) mass is 395 g/mol. The van der Waals surface area contributed by atoms with E-state index in [0.717, 1.165) is 50.4 Å². The molecule has 2 aromatic heterocycles. The molecule has 3 heterocycles. The van der Waals surface area contributed by atoms with E-state index in [1.807, 2.05) is 86.7 Å². The Morgan fingerprint density at radius 2 is 1.90 bits per heavy atom. The molecule has 6 nitrogen and oxygen atoms in total. The Morgan fingerprint density at radius 3 is 2.67 bits per heavy atom. The Balaban J connectivity index is 1.52. The molecule has 30 heavy (non-hydrogen) atoms. The molecule has 1 amide bonds. The maximum absolute atomic E-state index is 12.5. The highest BCUT2D eigenvalue weighted by Gasteiger charge is 2.24. The largest absolute Gasteiger partial charge is 0.363 e. The molecular formula is C24H21N5O. The van der Waals surface area contributed by atoms with Crippen LogP contribution in [0.25, 0.3) is 33.8 Å². The van der Waals surface area contributed by atoms with Gasteiger partial charge in [0.25, 0.3) is 5.91 Å². The van der Waals surface area contributed by atoms with E-state index in [9.17, 15) is 4.79 Å².